The summed E-state index contributed by atoms with van der Waals surface area (Å²) in [4.78, 5) is 22.3. The number of para-hydroxylation sites is 1. The van der Waals surface area contributed by atoms with Crippen LogP contribution >= 0.6 is 0 Å². The van der Waals surface area contributed by atoms with Crippen LogP contribution in [0.4, 0.5) is 10.4 Å². The SMILES string of the molecule is F.O=C(c1ccccc1)c1ccccc1[N+](=O)[O-].[B]. The van der Waals surface area contributed by atoms with Crippen LogP contribution in [-0.2, 0) is 0 Å². The van der Waals surface area contributed by atoms with Gasteiger partial charge >= 0.3 is 0 Å². The summed E-state index contributed by atoms with van der Waals surface area (Å²) in [6, 6.07) is 14.5. The van der Waals surface area contributed by atoms with E-state index < -0.39 is 4.92 Å². The van der Waals surface area contributed by atoms with E-state index in [1.54, 1.807) is 42.5 Å². The molecule has 0 aliphatic heterocycles. The minimum Gasteiger partial charge on any atom is -0.288 e. The van der Waals surface area contributed by atoms with Crippen LogP contribution in [0.25, 0.3) is 0 Å². The average molecular weight is 258 g/mol. The molecule has 95 valence electrons. The zero-order valence-corrected chi connectivity index (χ0v) is 9.85. The van der Waals surface area contributed by atoms with E-state index in [4.69, 9.17) is 0 Å². The van der Waals surface area contributed by atoms with Crippen LogP contribution in [0.1, 0.15) is 15.9 Å². The fourth-order valence-corrected chi connectivity index (χ4v) is 1.57. The van der Waals surface area contributed by atoms with Gasteiger partial charge in [-0.1, -0.05) is 42.5 Å². The number of hydrogen-bond acceptors (Lipinski definition) is 3. The predicted octanol–water partition coefficient (Wildman–Crippen LogP) is 2.60. The number of ketones is 1. The molecule has 6 heteroatoms. The molecule has 0 unspecified atom stereocenters. The van der Waals surface area contributed by atoms with E-state index >= 15 is 0 Å². The minimum atomic E-state index is -0.545. The van der Waals surface area contributed by atoms with Gasteiger partial charge in [-0.2, -0.15) is 0 Å². The van der Waals surface area contributed by atoms with Gasteiger partial charge in [-0.25, -0.2) is 0 Å². The minimum absolute atomic E-state index is 0. The smallest absolute Gasteiger partial charge is 0.280 e. The van der Waals surface area contributed by atoms with Gasteiger partial charge in [0.05, 0.1) is 4.92 Å². The van der Waals surface area contributed by atoms with Crippen molar-refractivity contribution in [1.29, 1.82) is 0 Å². The Hall–Kier alpha value is -2.50. The summed E-state index contributed by atoms with van der Waals surface area (Å²) < 4.78 is 0. The molecule has 0 amide bonds. The molecule has 0 aromatic heterocycles. The Morgan fingerprint density at radius 2 is 1.47 bits per heavy atom. The van der Waals surface area contributed by atoms with Gasteiger partial charge in [-0.05, 0) is 6.07 Å². The van der Waals surface area contributed by atoms with Crippen molar-refractivity contribution in [3.63, 3.8) is 0 Å². The Balaban J connectivity index is 0.00000162. The molecule has 2 aromatic carbocycles. The summed E-state index contributed by atoms with van der Waals surface area (Å²) in [6.07, 6.45) is 0. The quantitative estimate of drug-likeness (QED) is 0.368. The number of nitro groups is 1. The maximum Gasteiger partial charge on any atom is 0.280 e. The molecule has 0 atom stereocenters. The lowest BCUT2D eigenvalue weighted by molar-refractivity contribution is -0.385. The molecular formula is C13H10BFNO3. The maximum atomic E-state index is 12.1. The molecule has 4 nitrogen and oxygen atoms in total. The lowest BCUT2D eigenvalue weighted by Crippen LogP contribution is -2.04. The van der Waals surface area contributed by atoms with Crippen molar-refractivity contribution in [2.24, 2.45) is 0 Å². The first kappa shape index (κ1) is 16.5. The predicted molar refractivity (Wildman–Crippen MR) is 71.2 cm³/mol. The summed E-state index contributed by atoms with van der Waals surface area (Å²) in [7, 11) is 0. The highest BCUT2D eigenvalue weighted by atomic mass is 19.0. The number of halogens is 1. The van der Waals surface area contributed by atoms with Gasteiger partial charge in [0.1, 0.15) is 5.56 Å². The zero-order valence-electron chi connectivity index (χ0n) is 9.85. The largest absolute Gasteiger partial charge is 0.288 e. The molecule has 0 fully saturated rings. The fraction of sp³-hybridized carbons (Fsp3) is 0. The third-order valence-electron chi connectivity index (χ3n) is 2.38. The van der Waals surface area contributed by atoms with E-state index in [1.807, 2.05) is 0 Å². The molecule has 3 radical (unpaired) electrons. The second-order valence-electron chi connectivity index (χ2n) is 3.47. The van der Waals surface area contributed by atoms with Crippen LogP contribution in [-0.4, -0.2) is 19.1 Å². The number of nitrogens with zero attached hydrogens (tertiary/aromatic N) is 1. The van der Waals surface area contributed by atoms with E-state index in [0.29, 0.717) is 5.56 Å². The van der Waals surface area contributed by atoms with Gasteiger partial charge in [0, 0.05) is 20.0 Å². The van der Waals surface area contributed by atoms with Crippen molar-refractivity contribution in [3.05, 3.63) is 75.8 Å². The Morgan fingerprint density at radius 3 is 2.05 bits per heavy atom. The van der Waals surface area contributed by atoms with Gasteiger partial charge in [-0.15, -0.1) is 0 Å². The van der Waals surface area contributed by atoms with Gasteiger partial charge < -0.3 is 0 Å². The highest BCUT2D eigenvalue weighted by Gasteiger charge is 2.19. The Morgan fingerprint density at radius 1 is 0.947 bits per heavy atom. The van der Waals surface area contributed by atoms with Crippen molar-refractivity contribution >= 4 is 19.9 Å². The molecular weight excluding hydrogens is 248 g/mol. The number of nitro benzene ring substituents is 1. The van der Waals surface area contributed by atoms with E-state index in [0.717, 1.165) is 0 Å². The Labute approximate surface area is 111 Å². The van der Waals surface area contributed by atoms with Gasteiger partial charge in [0.2, 0.25) is 0 Å². The highest BCUT2D eigenvalue weighted by Crippen LogP contribution is 2.20. The Bertz CT molecular complexity index is 575. The van der Waals surface area contributed by atoms with Crippen molar-refractivity contribution in [1.82, 2.24) is 0 Å². The normalized spacial score (nSPS) is 8.84. The van der Waals surface area contributed by atoms with Crippen LogP contribution in [0, 0.1) is 10.1 Å². The summed E-state index contributed by atoms with van der Waals surface area (Å²) in [5.41, 5.74) is 0.395. The lowest BCUT2D eigenvalue weighted by Gasteiger charge is -2.01. The van der Waals surface area contributed by atoms with Gasteiger partial charge in [0.25, 0.3) is 5.69 Å². The van der Waals surface area contributed by atoms with Crippen LogP contribution in [0.15, 0.2) is 54.6 Å². The van der Waals surface area contributed by atoms with Crippen molar-refractivity contribution < 1.29 is 14.4 Å². The lowest BCUT2D eigenvalue weighted by atomic mass is 10.0. The summed E-state index contributed by atoms with van der Waals surface area (Å²) in [6.45, 7) is 0. The summed E-state index contributed by atoms with van der Waals surface area (Å²) >= 11 is 0. The number of carbonyl (C=O) groups excluding carboxylic acids is 1. The van der Waals surface area contributed by atoms with E-state index in [9.17, 15) is 14.9 Å². The molecule has 0 spiro atoms. The first-order valence-corrected chi connectivity index (χ1v) is 5.03. The molecule has 0 bridgehead atoms. The van der Waals surface area contributed by atoms with Gasteiger partial charge in [0.15, 0.2) is 5.78 Å². The second kappa shape index (κ2) is 7.05. The molecule has 0 N–H and O–H groups in total. The maximum absolute atomic E-state index is 12.1. The molecule has 0 saturated heterocycles. The van der Waals surface area contributed by atoms with Gasteiger partial charge in [-0.3, -0.25) is 19.6 Å². The monoisotopic (exact) mass is 258 g/mol. The molecule has 0 heterocycles. The third kappa shape index (κ3) is 3.48. The van der Waals surface area contributed by atoms with Crippen LogP contribution in [0.2, 0.25) is 0 Å². The second-order valence-corrected chi connectivity index (χ2v) is 3.47. The fourth-order valence-electron chi connectivity index (χ4n) is 1.57. The first-order valence-electron chi connectivity index (χ1n) is 5.03. The molecule has 0 aliphatic carbocycles. The number of carbonyl (C=O) groups is 1. The van der Waals surface area contributed by atoms with E-state index in [1.165, 1.54) is 12.1 Å². The Kier molecular flexibility index (Phi) is 6.13. The van der Waals surface area contributed by atoms with E-state index in [-0.39, 0.29) is 30.2 Å². The standard InChI is InChI=1S/C13H9NO3.B.FH/c15-13(10-6-2-1-3-7-10)11-8-4-5-9-12(11)14(16)17;;/h1-9H;;1H. The zero-order chi connectivity index (χ0) is 12.3. The summed E-state index contributed by atoms with van der Waals surface area (Å²) in [5, 5.41) is 10.8. The van der Waals surface area contributed by atoms with Crippen LogP contribution in [0.5, 0.6) is 0 Å². The molecule has 2 aromatic rings. The molecule has 0 aliphatic rings. The molecule has 0 saturated carbocycles. The van der Waals surface area contributed by atoms with Crippen molar-refractivity contribution in [3.8, 4) is 0 Å². The number of rotatable bonds is 3. The summed E-state index contributed by atoms with van der Waals surface area (Å²) in [5.74, 6) is -0.335. The van der Waals surface area contributed by atoms with Crippen LogP contribution < -0.4 is 0 Å². The average Bonchev–Trinajstić information content (AvgIpc) is 2.39. The first-order chi connectivity index (χ1) is 8.20. The molecule has 2 rings (SSSR count). The van der Waals surface area contributed by atoms with Crippen molar-refractivity contribution in [2.45, 2.75) is 0 Å². The molecule has 19 heavy (non-hydrogen) atoms. The number of benzene rings is 2. The topological polar surface area (TPSA) is 60.2 Å². The third-order valence-corrected chi connectivity index (χ3v) is 2.38. The number of hydrogen-bond donors (Lipinski definition) is 0. The van der Waals surface area contributed by atoms with Crippen molar-refractivity contribution in [2.75, 3.05) is 0 Å². The highest BCUT2D eigenvalue weighted by molar-refractivity contribution is 6.11. The van der Waals surface area contributed by atoms with E-state index in [2.05, 4.69) is 0 Å². The van der Waals surface area contributed by atoms with Crippen LogP contribution in [0.3, 0.4) is 0 Å².